The molecule has 0 aliphatic carbocycles. The molecule has 1 aliphatic rings. The number of methoxy groups -OCH3 is 1. The van der Waals surface area contributed by atoms with E-state index in [4.69, 9.17) is 4.74 Å². The molecule has 1 fully saturated rings. The monoisotopic (exact) mass is 398 g/mol. The number of ether oxygens (including phenoxy) is 1. The molecular formula is C19H18N4O4S. The summed E-state index contributed by atoms with van der Waals surface area (Å²) >= 11 is 1.44. The van der Waals surface area contributed by atoms with Gasteiger partial charge in [0, 0.05) is 43.9 Å². The average molecular weight is 398 g/mol. The molecule has 0 N–H and O–H groups in total. The van der Waals surface area contributed by atoms with Gasteiger partial charge in [-0.3, -0.25) is 14.9 Å². The number of benzene rings is 2. The Morgan fingerprint density at radius 2 is 1.86 bits per heavy atom. The molecular weight excluding hydrogens is 380 g/mol. The van der Waals surface area contributed by atoms with Crippen molar-refractivity contribution in [3.8, 4) is 5.75 Å². The first kappa shape index (κ1) is 18.2. The van der Waals surface area contributed by atoms with E-state index in [0.29, 0.717) is 31.7 Å². The van der Waals surface area contributed by atoms with Crippen molar-refractivity contribution in [2.75, 3.05) is 38.2 Å². The predicted octanol–water partition coefficient (Wildman–Crippen LogP) is 3.18. The SMILES string of the molecule is COc1ccc(C(=O)N2CCN(c3nc4ccc([N+](=O)[O-])cc4s3)CC2)cc1. The van der Waals surface area contributed by atoms with E-state index in [2.05, 4.69) is 9.88 Å². The van der Waals surface area contributed by atoms with Crippen LogP contribution >= 0.6 is 11.3 Å². The number of hydrogen-bond donors (Lipinski definition) is 0. The Bertz CT molecular complexity index is 1030. The number of rotatable bonds is 4. The maximum Gasteiger partial charge on any atom is 0.270 e. The minimum Gasteiger partial charge on any atom is -0.497 e. The zero-order valence-electron chi connectivity index (χ0n) is 15.2. The van der Waals surface area contributed by atoms with Crippen molar-refractivity contribution < 1.29 is 14.5 Å². The second-order valence-electron chi connectivity index (χ2n) is 6.41. The van der Waals surface area contributed by atoms with Crippen LogP contribution in [0, 0.1) is 10.1 Å². The third-order valence-corrected chi connectivity index (χ3v) is 5.82. The van der Waals surface area contributed by atoms with Crippen LogP contribution in [0.2, 0.25) is 0 Å². The van der Waals surface area contributed by atoms with Crippen LogP contribution < -0.4 is 9.64 Å². The minimum atomic E-state index is -0.400. The van der Waals surface area contributed by atoms with Gasteiger partial charge in [0.25, 0.3) is 11.6 Å². The van der Waals surface area contributed by atoms with E-state index in [-0.39, 0.29) is 11.6 Å². The van der Waals surface area contributed by atoms with Gasteiger partial charge < -0.3 is 14.5 Å². The van der Waals surface area contributed by atoms with Crippen LogP contribution in [0.15, 0.2) is 42.5 Å². The Hall–Kier alpha value is -3.20. The van der Waals surface area contributed by atoms with Gasteiger partial charge in [0.1, 0.15) is 5.75 Å². The molecule has 0 radical (unpaired) electrons. The van der Waals surface area contributed by atoms with E-state index in [1.165, 1.54) is 17.4 Å². The van der Waals surface area contributed by atoms with Gasteiger partial charge >= 0.3 is 0 Å². The summed E-state index contributed by atoms with van der Waals surface area (Å²) < 4.78 is 5.92. The number of hydrogen-bond acceptors (Lipinski definition) is 7. The predicted molar refractivity (Wildman–Crippen MR) is 107 cm³/mol. The lowest BCUT2D eigenvalue weighted by molar-refractivity contribution is -0.384. The van der Waals surface area contributed by atoms with Crippen molar-refractivity contribution in [3.63, 3.8) is 0 Å². The number of carbonyl (C=O) groups excluding carboxylic acids is 1. The van der Waals surface area contributed by atoms with Crippen LogP contribution in [-0.4, -0.2) is 54.0 Å². The zero-order valence-corrected chi connectivity index (χ0v) is 16.0. The molecule has 1 aromatic heterocycles. The summed E-state index contributed by atoms with van der Waals surface area (Å²) in [5.41, 5.74) is 1.46. The maximum atomic E-state index is 12.7. The van der Waals surface area contributed by atoms with Crippen LogP contribution in [0.1, 0.15) is 10.4 Å². The molecule has 0 bridgehead atoms. The van der Waals surface area contributed by atoms with Crippen molar-refractivity contribution in [3.05, 3.63) is 58.1 Å². The number of nitro groups is 1. The number of nitro benzene ring substituents is 1. The normalized spacial score (nSPS) is 14.3. The molecule has 0 unspecified atom stereocenters. The van der Waals surface area contributed by atoms with Crippen LogP contribution in [-0.2, 0) is 0 Å². The number of fused-ring (bicyclic) bond motifs is 1. The molecule has 1 aliphatic heterocycles. The maximum absolute atomic E-state index is 12.7. The minimum absolute atomic E-state index is 0.00206. The van der Waals surface area contributed by atoms with Crippen molar-refractivity contribution in [2.45, 2.75) is 0 Å². The molecule has 1 amide bonds. The summed E-state index contributed by atoms with van der Waals surface area (Å²) in [6, 6.07) is 11.8. The lowest BCUT2D eigenvalue weighted by atomic mass is 10.1. The molecule has 28 heavy (non-hydrogen) atoms. The topological polar surface area (TPSA) is 88.8 Å². The fourth-order valence-electron chi connectivity index (χ4n) is 3.17. The van der Waals surface area contributed by atoms with Gasteiger partial charge in [0.15, 0.2) is 5.13 Å². The summed E-state index contributed by atoms with van der Waals surface area (Å²) in [5, 5.41) is 11.8. The van der Waals surface area contributed by atoms with Crippen molar-refractivity contribution in [1.29, 1.82) is 0 Å². The summed E-state index contributed by atoms with van der Waals surface area (Å²) in [6.07, 6.45) is 0. The molecule has 4 rings (SSSR count). The van der Waals surface area contributed by atoms with Gasteiger partial charge in [-0.2, -0.15) is 0 Å². The Morgan fingerprint density at radius 3 is 2.50 bits per heavy atom. The second-order valence-corrected chi connectivity index (χ2v) is 7.42. The van der Waals surface area contributed by atoms with E-state index in [1.54, 1.807) is 43.5 Å². The third-order valence-electron chi connectivity index (χ3n) is 4.75. The van der Waals surface area contributed by atoms with Gasteiger partial charge in [-0.15, -0.1) is 0 Å². The molecule has 2 heterocycles. The van der Waals surface area contributed by atoms with Crippen molar-refractivity contribution >= 4 is 38.3 Å². The van der Waals surface area contributed by atoms with E-state index < -0.39 is 4.92 Å². The van der Waals surface area contributed by atoms with Gasteiger partial charge in [-0.05, 0) is 30.3 Å². The van der Waals surface area contributed by atoms with Gasteiger partial charge in [-0.1, -0.05) is 11.3 Å². The number of anilines is 1. The summed E-state index contributed by atoms with van der Waals surface area (Å²) in [6.45, 7) is 2.54. The molecule has 0 spiro atoms. The highest BCUT2D eigenvalue weighted by molar-refractivity contribution is 7.22. The van der Waals surface area contributed by atoms with Crippen molar-refractivity contribution in [1.82, 2.24) is 9.88 Å². The van der Waals surface area contributed by atoms with Gasteiger partial charge in [-0.25, -0.2) is 4.98 Å². The first-order valence-electron chi connectivity index (χ1n) is 8.78. The number of thiazole rings is 1. The summed E-state index contributed by atoms with van der Waals surface area (Å²) in [5.74, 6) is 0.722. The lowest BCUT2D eigenvalue weighted by Crippen LogP contribution is -2.48. The first-order chi connectivity index (χ1) is 13.5. The zero-order chi connectivity index (χ0) is 19.7. The lowest BCUT2D eigenvalue weighted by Gasteiger charge is -2.34. The Balaban J connectivity index is 1.44. The van der Waals surface area contributed by atoms with E-state index in [1.807, 2.05) is 4.90 Å². The quantitative estimate of drug-likeness (QED) is 0.495. The fourth-order valence-corrected chi connectivity index (χ4v) is 4.22. The highest BCUT2D eigenvalue weighted by Gasteiger charge is 2.24. The number of carbonyl (C=O) groups is 1. The number of piperazine rings is 1. The molecule has 8 nitrogen and oxygen atoms in total. The van der Waals surface area contributed by atoms with Crippen LogP contribution in [0.5, 0.6) is 5.75 Å². The third kappa shape index (κ3) is 3.48. The standard InChI is InChI=1S/C19H18N4O4S/c1-27-15-5-2-13(3-6-15)18(24)21-8-10-22(11-9-21)19-20-16-7-4-14(23(25)26)12-17(16)28-19/h2-7,12H,8-11H2,1H3. The second kappa shape index (κ2) is 7.43. The van der Waals surface area contributed by atoms with E-state index >= 15 is 0 Å². The highest BCUT2D eigenvalue weighted by atomic mass is 32.1. The average Bonchev–Trinajstić information content (AvgIpc) is 3.17. The number of nitrogens with zero attached hydrogens (tertiary/aromatic N) is 4. The van der Waals surface area contributed by atoms with Gasteiger partial charge in [0.05, 0.1) is 22.2 Å². The van der Waals surface area contributed by atoms with Crippen LogP contribution in [0.4, 0.5) is 10.8 Å². The molecule has 3 aromatic rings. The van der Waals surface area contributed by atoms with E-state index in [0.717, 1.165) is 21.1 Å². The molecule has 9 heteroatoms. The van der Waals surface area contributed by atoms with Crippen molar-refractivity contribution in [2.24, 2.45) is 0 Å². The summed E-state index contributed by atoms with van der Waals surface area (Å²) in [7, 11) is 1.59. The molecule has 0 saturated carbocycles. The Labute approximate surface area is 165 Å². The highest BCUT2D eigenvalue weighted by Crippen LogP contribution is 2.32. The molecule has 0 atom stereocenters. The van der Waals surface area contributed by atoms with Gasteiger partial charge in [0.2, 0.25) is 0 Å². The Morgan fingerprint density at radius 1 is 1.14 bits per heavy atom. The van der Waals surface area contributed by atoms with E-state index in [9.17, 15) is 14.9 Å². The Kier molecular flexibility index (Phi) is 4.82. The molecule has 1 saturated heterocycles. The summed E-state index contributed by atoms with van der Waals surface area (Å²) in [4.78, 5) is 31.8. The van der Waals surface area contributed by atoms with Crippen LogP contribution in [0.3, 0.4) is 0 Å². The number of non-ortho nitro benzene ring substituents is 1. The molecule has 144 valence electrons. The van der Waals surface area contributed by atoms with Crippen LogP contribution in [0.25, 0.3) is 10.2 Å². The molecule has 2 aromatic carbocycles. The number of aromatic nitrogens is 1. The first-order valence-corrected chi connectivity index (χ1v) is 9.60. The fraction of sp³-hybridized carbons (Fsp3) is 0.263. The number of amides is 1. The largest absolute Gasteiger partial charge is 0.497 e. The smallest absolute Gasteiger partial charge is 0.270 e.